The standard InChI is InChI=1S/C17H13ClFN3O3S2/c1-22-8-9-26-17(22)20-16(23)11-2-7-14(18)15(10-11)27(24,25)21-13-5-3-12(19)4-6-13/h2-10,21H,1H3. The summed E-state index contributed by atoms with van der Waals surface area (Å²) in [4.78, 5) is 16.6. The van der Waals surface area contributed by atoms with Gasteiger partial charge in [0.25, 0.3) is 15.9 Å². The highest BCUT2D eigenvalue weighted by Gasteiger charge is 2.20. The number of anilines is 1. The zero-order chi connectivity index (χ0) is 19.6. The van der Waals surface area contributed by atoms with Gasteiger partial charge in [-0.05, 0) is 42.5 Å². The Hall–Kier alpha value is -2.49. The zero-order valence-corrected chi connectivity index (χ0v) is 16.3. The Kier molecular flexibility index (Phi) is 5.45. The number of amides is 1. The molecule has 0 bridgehead atoms. The monoisotopic (exact) mass is 425 g/mol. The van der Waals surface area contributed by atoms with Gasteiger partial charge in [-0.2, -0.15) is 4.99 Å². The Morgan fingerprint density at radius 3 is 2.56 bits per heavy atom. The molecule has 2 aromatic carbocycles. The largest absolute Gasteiger partial charge is 0.327 e. The SMILES string of the molecule is Cn1ccsc1=NC(=O)c1ccc(Cl)c(S(=O)(=O)Nc2ccc(F)cc2)c1. The van der Waals surface area contributed by atoms with Crippen LogP contribution in [0, 0.1) is 5.82 Å². The van der Waals surface area contributed by atoms with E-state index in [0.29, 0.717) is 4.80 Å². The van der Waals surface area contributed by atoms with Gasteiger partial charge in [0.1, 0.15) is 10.7 Å². The second-order valence-electron chi connectivity index (χ2n) is 5.47. The second kappa shape index (κ2) is 7.63. The Bertz CT molecular complexity index is 1170. The Balaban J connectivity index is 1.96. The molecule has 1 amide bonds. The van der Waals surface area contributed by atoms with Gasteiger partial charge in [0.15, 0.2) is 4.80 Å². The van der Waals surface area contributed by atoms with E-state index in [-0.39, 0.29) is 21.2 Å². The third-order valence-electron chi connectivity index (χ3n) is 3.52. The molecule has 1 N–H and O–H groups in total. The van der Waals surface area contributed by atoms with Gasteiger partial charge < -0.3 is 4.57 Å². The summed E-state index contributed by atoms with van der Waals surface area (Å²) in [7, 11) is -2.34. The topological polar surface area (TPSA) is 80.5 Å². The van der Waals surface area contributed by atoms with E-state index in [0.717, 1.165) is 18.2 Å². The van der Waals surface area contributed by atoms with Crippen molar-refractivity contribution in [1.82, 2.24) is 4.57 Å². The molecular weight excluding hydrogens is 413 g/mol. The molecule has 0 spiro atoms. The number of nitrogens with zero attached hydrogens (tertiary/aromatic N) is 2. The number of rotatable bonds is 4. The summed E-state index contributed by atoms with van der Waals surface area (Å²) in [6, 6.07) is 8.69. The van der Waals surface area contributed by atoms with Gasteiger partial charge >= 0.3 is 0 Å². The lowest BCUT2D eigenvalue weighted by atomic mass is 10.2. The third kappa shape index (κ3) is 4.44. The molecule has 27 heavy (non-hydrogen) atoms. The van der Waals surface area contributed by atoms with Gasteiger partial charge in [-0.25, -0.2) is 12.8 Å². The van der Waals surface area contributed by atoms with Crippen molar-refractivity contribution in [2.45, 2.75) is 4.90 Å². The van der Waals surface area contributed by atoms with Crippen molar-refractivity contribution in [3.8, 4) is 0 Å². The van der Waals surface area contributed by atoms with Crippen molar-refractivity contribution in [1.29, 1.82) is 0 Å². The molecule has 0 radical (unpaired) electrons. The molecule has 0 fully saturated rings. The number of hydrogen-bond donors (Lipinski definition) is 1. The highest BCUT2D eigenvalue weighted by atomic mass is 35.5. The van der Waals surface area contributed by atoms with Crippen LogP contribution in [0.15, 0.2) is 63.9 Å². The first-order chi connectivity index (χ1) is 12.8. The minimum Gasteiger partial charge on any atom is -0.327 e. The molecule has 140 valence electrons. The highest BCUT2D eigenvalue weighted by Crippen LogP contribution is 2.25. The smallest absolute Gasteiger partial charge is 0.279 e. The molecule has 0 aliphatic carbocycles. The average molecular weight is 426 g/mol. The summed E-state index contributed by atoms with van der Waals surface area (Å²) < 4.78 is 42.2. The average Bonchev–Trinajstić information content (AvgIpc) is 3.01. The van der Waals surface area contributed by atoms with E-state index in [1.54, 1.807) is 23.2 Å². The predicted molar refractivity (Wildman–Crippen MR) is 102 cm³/mol. The minimum absolute atomic E-state index is 0.0529. The van der Waals surface area contributed by atoms with E-state index < -0.39 is 21.7 Å². The number of hydrogen-bond acceptors (Lipinski definition) is 4. The normalized spacial score (nSPS) is 12.2. The van der Waals surface area contributed by atoms with Crippen LogP contribution in [0.5, 0.6) is 0 Å². The molecule has 0 saturated heterocycles. The minimum atomic E-state index is -4.08. The van der Waals surface area contributed by atoms with E-state index in [1.807, 2.05) is 0 Å². The fourth-order valence-electron chi connectivity index (χ4n) is 2.16. The lowest BCUT2D eigenvalue weighted by molar-refractivity contribution is 0.0997. The number of halogens is 2. The molecule has 3 aromatic rings. The Morgan fingerprint density at radius 2 is 1.93 bits per heavy atom. The maximum absolute atomic E-state index is 13.0. The number of aromatic nitrogens is 1. The van der Waals surface area contributed by atoms with Crippen LogP contribution in [0.1, 0.15) is 10.4 Å². The third-order valence-corrected chi connectivity index (χ3v) is 6.23. The van der Waals surface area contributed by atoms with E-state index in [9.17, 15) is 17.6 Å². The Morgan fingerprint density at radius 1 is 1.22 bits per heavy atom. The summed E-state index contributed by atoms with van der Waals surface area (Å²) in [5.41, 5.74) is 0.242. The van der Waals surface area contributed by atoms with Crippen molar-refractivity contribution in [2.24, 2.45) is 12.0 Å². The van der Waals surface area contributed by atoms with E-state index in [4.69, 9.17) is 11.6 Å². The van der Waals surface area contributed by atoms with Crippen LogP contribution in [-0.2, 0) is 17.1 Å². The molecule has 0 saturated carbocycles. The van der Waals surface area contributed by atoms with Crippen molar-refractivity contribution in [3.05, 3.63) is 75.2 Å². The van der Waals surface area contributed by atoms with Crippen molar-refractivity contribution in [2.75, 3.05) is 4.72 Å². The lowest BCUT2D eigenvalue weighted by Crippen LogP contribution is -2.15. The molecular formula is C17H13ClFN3O3S2. The first-order valence-corrected chi connectivity index (χ1v) is 10.3. The summed E-state index contributed by atoms with van der Waals surface area (Å²) >= 11 is 7.30. The van der Waals surface area contributed by atoms with Crippen molar-refractivity contribution < 1.29 is 17.6 Å². The number of carbonyl (C=O) groups excluding carboxylic acids is 1. The summed E-state index contributed by atoms with van der Waals surface area (Å²) in [5.74, 6) is -1.09. The van der Waals surface area contributed by atoms with E-state index in [1.165, 1.54) is 35.6 Å². The van der Waals surface area contributed by atoms with E-state index >= 15 is 0 Å². The maximum Gasteiger partial charge on any atom is 0.279 e. The van der Waals surface area contributed by atoms with Crippen molar-refractivity contribution in [3.63, 3.8) is 0 Å². The van der Waals surface area contributed by atoms with Gasteiger partial charge in [0.05, 0.1) is 5.02 Å². The number of thiazole rings is 1. The fraction of sp³-hybridized carbons (Fsp3) is 0.0588. The van der Waals surface area contributed by atoms with Gasteiger partial charge in [-0.15, -0.1) is 11.3 Å². The lowest BCUT2D eigenvalue weighted by Gasteiger charge is -2.10. The number of sulfonamides is 1. The van der Waals surface area contributed by atoms with E-state index in [2.05, 4.69) is 9.71 Å². The van der Waals surface area contributed by atoms with Crippen LogP contribution in [0.2, 0.25) is 5.02 Å². The molecule has 1 heterocycles. The van der Waals surface area contributed by atoms with Gasteiger partial charge in [-0.3, -0.25) is 9.52 Å². The fourth-order valence-corrected chi connectivity index (χ4v) is 4.47. The van der Waals surface area contributed by atoms with Crippen LogP contribution in [0.25, 0.3) is 0 Å². The van der Waals surface area contributed by atoms with Gasteiger partial charge in [-0.1, -0.05) is 11.6 Å². The quantitative estimate of drug-likeness (QED) is 0.695. The number of aryl methyl sites for hydroxylation is 1. The maximum atomic E-state index is 13.0. The molecule has 10 heteroatoms. The van der Waals surface area contributed by atoms with Crippen LogP contribution in [-0.4, -0.2) is 18.9 Å². The molecule has 1 aromatic heterocycles. The molecule has 0 atom stereocenters. The molecule has 0 unspecified atom stereocenters. The van der Waals surface area contributed by atoms with Crippen molar-refractivity contribution >= 4 is 44.6 Å². The number of carbonyl (C=O) groups is 1. The molecule has 0 aliphatic rings. The summed E-state index contributed by atoms with van der Waals surface area (Å²) in [5, 5.41) is 1.72. The first kappa shape index (κ1) is 19.3. The highest BCUT2D eigenvalue weighted by molar-refractivity contribution is 7.92. The summed E-state index contributed by atoms with van der Waals surface area (Å²) in [6.07, 6.45) is 1.75. The number of benzene rings is 2. The van der Waals surface area contributed by atoms with Gasteiger partial charge in [0.2, 0.25) is 0 Å². The van der Waals surface area contributed by atoms with Crippen LogP contribution in [0.4, 0.5) is 10.1 Å². The predicted octanol–water partition coefficient (Wildman–Crippen LogP) is 3.42. The van der Waals surface area contributed by atoms with Crippen LogP contribution in [0.3, 0.4) is 0 Å². The molecule has 0 aliphatic heterocycles. The summed E-state index contributed by atoms with van der Waals surface area (Å²) in [6.45, 7) is 0. The van der Waals surface area contributed by atoms with Crippen LogP contribution >= 0.6 is 22.9 Å². The second-order valence-corrected chi connectivity index (χ2v) is 8.40. The first-order valence-electron chi connectivity index (χ1n) is 7.53. The molecule has 6 nitrogen and oxygen atoms in total. The zero-order valence-electron chi connectivity index (χ0n) is 13.9. The van der Waals surface area contributed by atoms with Crippen LogP contribution < -0.4 is 9.52 Å². The molecule has 3 rings (SSSR count). The Labute approximate surface area is 163 Å². The van der Waals surface area contributed by atoms with Gasteiger partial charge in [0, 0.05) is 29.9 Å². The number of nitrogens with one attached hydrogen (secondary N) is 1.